The Hall–Kier alpha value is -2.78. The molecular formula is C16H11N3O4S2. The Morgan fingerprint density at radius 3 is 2.76 bits per heavy atom. The molecule has 0 aromatic carbocycles. The third kappa shape index (κ3) is 2.48. The van der Waals surface area contributed by atoms with Crippen LogP contribution in [0.4, 0.5) is 5.13 Å². The third-order valence-corrected chi connectivity index (χ3v) is 5.49. The van der Waals surface area contributed by atoms with Gasteiger partial charge in [0, 0.05) is 4.88 Å². The maximum Gasteiger partial charge on any atom is 0.296 e. The van der Waals surface area contributed by atoms with Crippen LogP contribution in [0, 0.1) is 6.92 Å². The Balaban J connectivity index is 1.86. The van der Waals surface area contributed by atoms with E-state index in [1.807, 2.05) is 11.4 Å². The van der Waals surface area contributed by atoms with Crippen molar-refractivity contribution in [3.63, 3.8) is 0 Å². The molecule has 25 heavy (non-hydrogen) atoms. The van der Waals surface area contributed by atoms with Crippen molar-refractivity contribution in [2.75, 3.05) is 4.90 Å². The summed E-state index contributed by atoms with van der Waals surface area (Å²) in [6.45, 7) is 1.77. The number of Topliss-reactive ketones (excluding diaryl/α,β-unsaturated/α-hetero) is 1. The Kier molecular flexibility index (Phi) is 3.74. The molecule has 1 aliphatic heterocycles. The van der Waals surface area contributed by atoms with Gasteiger partial charge in [-0.1, -0.05) is 17.4 Å². The number of nitrogens with zero attached hydrogens (tertiary/aromatic N) is 3. The lowest BCUT2D eigenvalue weighted by atomic mass is 10.0. The smallest absolute Gasteiger partial charge is 0.296 e. The highest BCUT2D eigenvalue weighted by atomic mass is 32.1. The average Bonchev–Trinajstić information content (AvgIpc) is 3.36. The number of furan rings is 1. The fraction of sp³-hybridized carbons (Fsp3) is 0.125. The van der Waals surface area contributed by atoms with E-state index in [-0.39, 0.29) is 11.3 Å². The Morgan fingerprint density at radius 2 is 2.16 bits per heavy atom. The van der Waals surface area contributed by atoms with Gasteiger partial charge in [0.1, 0.15) is 11.0 Å². The zero-order valence-corrected chi connectivity index (χ0v) is 14.5. The fourth-order valence-electron chi connectivity index (χ4n) is 2.67. The van der Waals surface area contributed by atoms with Crippen molar-refractivity contribution in [1.29, 1.82) is 0 Å². The van der Waals surface area contributed by atoms with Gasteiger partial charge < -0.3 is 9.52 Å². The summed E-state index contributed by atoms with van der Waals surface area (Å²) in [4.78, 5) is 27.6. The van der Waals surface area contributed by atoms with E-state index in [0.717, 1.165) is 4.88 Å². The van der Waals surface area contributed by atoms with Crippen molar-refractivity contribution < 1.29 is 19.1 Å². The average molecular weight is 373 g/mol. The second-order valence-electron chi connectivity index (χ2n) is 5.27. The molecule has 3 aromatic heterocycles. The number of aryl methyl sites for hydroxylation is 1. The van der Waals surface area contributed by atoms with Gasteiger partial charge in [-0.25, -0.2) is 0 Å². The highest BCUT2D eigenvalue weighted by molar-refractivity contribution is 7.15. The predicted molar refractivity (Wildman–Crippen MR) is 91.9 cm³/mol. The number of aromatic nitrogens is 2. The van der Waals surface area contributed by atoms with E-state index >= 15 is 0 Å². The third-order valence-electron chi connectivity index (χ3n) is 3.73. The standard InChI is InChI=1S/C16H11N3O4S2/c1-8-17-18-16(25-8)19-12(10-5-3-7-24-10)11(14(21)15(19)22)13(20)9-4-2-6-23-9/h2-7,12,21H,1H3/t12-/m1/s1. The number of thiophene rings is 1. The first-order valence-corrected chi connectivity index (χ1v) is 8.96. The van der Waals surface area contributed by atoms with Crippen molar-refractivity contribution in [3.05, 3.63) is 62.9 Å². The molecule has 0 saturated heterocycles. The van der Waals surface area contributed by atoms with Gasteiger partial charge >= 0.3 is 0 Å². The molecule has 0 spiro atoms. The summed E-state index contributed by atoms with van der Waals surface area (Å²) < 4.78 is 5.16. The minimum absolute atomic E-state index is 0.0183. The van der Waals surface area contributed by atoms with Crippen LogP contribution < -0.4 is 4.90 Å². The molecule has 1 aliphatic rings. The number of anilines is 1. The first-order valence-electron chi connectivity index (χ1n) is 7.26. The van der Waals surface area contributed by atoms with Gasteiger partial charge in [-0.3, -0.25) is 14.5 Å². The first-order chi connectivity index (χ1) is 12.1. The highest BCUT2D eigenvalue weighted by Crippen LogP contribution is 2.43. The largest absolute Gasteiger partial charge is 0.503 e. The van der Waals surface area contributed by atoms with Gasteiger partial charge in [-0.15, -0.1) is 21.5 Å². The lowest BCUT2D eigenvalue weighted by Crippen LogP contribution is -2.30. The van der Waals surface area contributed by atoms with Gasteiger partial charge in [0.15, 0.2) is 11.5 Å². The Bertz CT molecular complexity index is 973. The maximum atomic E-state index is 12.8. The number of rotatable bonds is 4. The maximum absolute atomic E-state index is 12.8. The SMILES string of the molecule is Cc1nnc(N2C(=O)C(O)=C(C(=O)c3ccco3)[C@H]2c2cccs2)s1. The van der Waals surface area contributed by atoms with E-state index in [0.29, 0.717) is 10.1 Å². The normalized spacial score (nSPS) is 17.6. The van der Waals surface area contributed by atoms with Crippen LogP contribution in [-0.2, 0) is 4.79 Å². The molecular weight excluding hydrogens is 362 g/mol. The van der Waals surface area contributed by atoms with Crippen LogP contribution in [0.3, 0.4) is 0 Å². The number of hydrogen-bond donors (Lipinski definition) is 1. The number of aliphatic hydroxyl groups excluding tert-OH is 1. The van der Waals surface area contributed by atoms with Crippen LogP contribution in [0.25, 0.3) is 0 Å². The topological polar surface area (TPSA) is 96.5 Å². The summed E-state index contributed by atoms with van der Waals surface area (Å²) in [5, 5.41) is 21.2. The number of carbonyl (C=O) groups is 2. The molecule has 0 unspecified atom stereocenters. The summed E-state index contributed by atoms with van der Waals surface area (Å²) in [7, 11) is 0. The molecule has 0 saturated carbocycles. The molecule has 1 N–H and O–H groups in total. The summed E-state index contributed by atoms with van der Waals surface area (Å²) in [6.07, 6.45) is 1.37. The molecule has 3 aromatic rings. The van der Waals surface area contributed by atoms with E-state index in [1.54, 1.807) is 19.1 Å². The Morgan fingerprint density at radius 1 is 1.32 bits per heavy atom. The number of amides is 1. The van der Waals surface area contributed by atoms with Gasteiger partial charge in [0.25, 0.3) is 5.91 Å². The van der Waals surface area contributed by atoms with Crippen LogP contribution in [0.5, 0.6) is 0 Å². The van der Waals surface area contributed by atoms with Crippen molar-refractivity contribution in [2.45, 2.75) is 13.0 Å². The summed E-state index contributed by atoms with van der Waals surface area (Å²) >= 11 is 2.60. The molecule has 126 valence electrons. The monoisotopic (exact) mass is 373 g/mol. The minimum Gasteiger partial charge on any atom is -0.503 e. The Labute approximate surface area is 149 Å². The molecule has 1 amide bonds. The van der Waals surface area contributed by atoms with Crippen molar-refractivity contribution in [2.24, 2.45) is 0 Å². The number of hydrogen-bond acceptors (Lipinski definition) is 8. The second kappa shape index (κ2) is 5.94. The molecule has 1 atom stereocenters. The predicted octanol–water partition coefficient (Wildman–Crippen LogP) is 3.28. The zero-order chi connectivity index (χ0) is 17.6. The molecule has 0 aliphatic carbocycles. The summed E-state index contributed by atoms with van der Waals surface area (Å²) in [5.74, 6) is -1.73. The van der Waals surface area contributed by atoms with Gasteiger partial charge in [-0.2, -0.15) is 0 Å². The molecule has 0 fully saturated rings. The van der Waals surface area contributed by atoms with Crippen molar-refractivity contribution in [3.8, 4) is 0 Å². The van der Waals surface area contributed by atoms with Gasteiger partial charge in [-0.05, 0) is 30.5 Å². The van der Waals surface area contributed by atoms with E-state index < -0.39 is 23.5 Å². The minimum atomic E-state index is -0.766. The number of ketones is 1. The van der Waals surface area contributed by atoms with E-state index in [2.05, 4.69) is 10.2 Å². The fourth-order valence-corrected chi connectivity index (χ4v) is 4.21. The summed E-state index contributed by atoms with van der Waals surface area (Å²) in [6, 6.07) is 5.93. The lowest BCUT2D eigenvalue weighted by molar-refractivity contribution is -0.117. The number of aliphatic hydroxyl groups is 1. The first kappa shape index (κ1) is 15.7. The quantitative estimate of drug-likeness (QED) is 0.705. The molecule has 4 heterocycles. The number of carbonyl (C=O) groups excluding carboxylic acids is 2. The summed E-state index contributed by atoms with van der Waals surface area (Å²) in [5.41, 5.74) is -0.0183. The second-order valence-corrected chi connectivity index (χ2v) is 7.40. The van der Waals surface area contributed by atoms with Crippen molar-refractivity contribution in [1.82, 2.24) is 10.2 Å². The van der Waals surface area contributed by atoms with Crippen LogP contribution in [0.15, 0.2) is 51.7 Å². The van der Waals surface area contributed by atoms with E-state index in [4.69, 9.17) is 4.42 Å². The molecule has 0 bridgehead atoms. The molecule has 7 nitrogen and oxygen atoms in total. The van der Waals surface area contributed by atoms with Crippen molar-refractivity contribution >= 4 is 39.5 Å². The van der Waals surface area contributed by atoms with E-state index in [1.165, 1.54) is 39.9 Å². The zero-order valence-electron chi connectivity index (χ0n) is 12.9. The van der Waals surface area contributed by atoms with E-state index in [9.17, 15) is 14.7 Å². The molecule has 9 heteroatoms. The lowest BCUT2D eigenvalue weighted by Gasteiger charge is -2.22. The van der Waals surface area contributed by atoms with Gasteiger partial charge in [0.2, 0.25) is 10.9 Å². The van der Waals surface area contributed by atoms with Gasteiger partial charge in [0.05, 0.1) is 11.8 Å². The van der Waals surface area contributed by atoms with Crippen LogP contribution in [-0.4, -0.2) is 27.0 Å². The van der Waals surface area contributed by atoms with Crippen LogP contribution >= 0.6 is 22.7 Å². The van der Waals surface area contributed by atoms with Crippen LogP contribution in [0.2, 0.25) is 0 Å². The molecule has 0 radical (unpaired) electrons. The highest BCUT2D eigenvalue weighted by Gasteiger charge is 2.47. The molecule has 4 rings (SSSR count). The van der Waals surface area contributed by atoms with Crippen LogP contribution in [0.1, 0.15) is 26.5 Å².